The van der Waals surface area contributed by atoms with Crippen LogP contribution in [0.2, 0.25) is 0 Å². The quantitative estimate of drug-likeness (QED) is 0.762. The van der Waals surface area contributed by atoms with E-state index in [1.54, 1.807) is 12.1 Å². The van der Waals surface area contributed by atoms with Crippen molar-refractivity contribution in [3.8, 4) is 0 Å². The molecule has 0 aliphatic heterocycles. The van der Waals surface area contributed by atoms with Crippen molar-refractivity contribution in [1.82, 2.24) is 9.80 Å². The zero-order valence-corrected chi connectivity index (χ0v) is 17.2. The maximum atomic E-state index is 13.5. The summed E-state index contributed by atoms with van der Waals surface area (Å²) in [4.78, 5) is 21.6. The van der Waals surface area contributed by atoms with Crippen molar-refractivity contribution in [3.05, 3.63) is 35.1 Å². The van der Waals surface area contributed by atoms with E-state index in [-0.39, 0.29) is 18.8 Å². The number of carboxylic acid groups (broad SMARTS) is 2. The average Bonchev–Trinajstić information content (AvgIpc) is 3.19. The van der Waals surface area contributed by atoms with E-state index in [0.717, 1.165) is 30.0 Å². The Morgan fingerprint density at radius 1 is 1.00 bits per heavy atom. The minimum Gasteiger partial charge on any atom is -0.483 e. The standard InChI is InChI=1S/C19H29FN2.2CH2O2/c1-13-5-6-17(20)7-16(13)12-22(4)19-10-14-8-18(21(2)3)9-15(14)11-19;2*2-1-3/h5-7,14-15,18-19H,8-12H2,1-4H3;2*1H,(H,2,3)/t14-,15+,18?,19?;;. The lowest BCUT2D eigenvalue weighted by atomic mass is 10.0. The number of nitrogens with zero attached hydrogens (tertiary/aromatic N) is 2. The summed E-state index contributed by atoms with van der Waals surface area (Å²) >= 11 is 0. The zero-order valence-electron chi connectivity index (χ0n) is 17.2. The normalized spacial score (nSPS) is 25.4. The number of hydrogen-bond donors (Lipinski definition) is 2. The van der Waals surface area contributed by atoms with Gasteiger partial charge in [-0.25, -0.2) is 4.39 Å². The lowest BCUT2D eigenvalue weighted by molar-refractivity contribution is -0.123. The third kappa shape index (κ3) is 6.87. The van der Waals surface area contributed by atoms with Gasteiger partial charge < -0.3 is 15.1 Å². The van der Waals surface area contributed by atoms with Crippen LogP contribution < -0.4 is 0 Å². The fraction of sp³-hybridized carbons (Fsp3) is 0.619. The summed E-state index contributed by atoms with van der Waals surface area (Å²) < 4.78 is 13.5. The Labute approximate surface area is 167 Å². The maximum Gasteiger partial charge on any atom is 0.290 e. The first kappa shape index (κ1) is 24.0. The molecule has 158 valence electrons. The molecular weight excluding hydrogens is 363 g/mol. The van der Waals surface area contributed by atoms with E-state index in [1.165, 1.54) is 31.2 Å². The summed E-state index contributed by atoms with van der Waals surface area (Å²) in [6, 6.07) is 6.60. The van der Waals surface area contributed by atoms with Crippen LogP contribution in [-0.2, 0) is 16.1 Å². The van der Waals surface area contributed by atoms with E-state index in [9.17, 15) is 4.39 Å². The fourth-order valence-electron chi connectivity index (χ4n) is 4.54. The van der Waals surface area contributed by atoms with Gasteiger partial charge in [-0.3, -0.25) is 14.5 Å². The van der Waals surface area contributed by atoms with Gasteiger partial charge in [-0.15, -0.1) is 0 Å². The highest BCUT2D eigenvalue weighted by Crippen LogP contribution is 2.46. The molecule has 0 heterocycles. The lowest BCUT2D eigenvalue weighted by Gasteiger charge is -2.27. The minimum absolute atomic E-state index is 0.119. The highest BCUT2D eigenvalue weighted by Gasteiger charge is 2.43. The van der Waals surface area contributed by atoms with Gasteiger partial charge in [-0.05, 0) is 88.8 Å². The van der Waals surface area contributed by atoms with Crippen molar-refractivity contribution < 1.29 is 24.2 Å². The molecule has 2 aliphatic carbocycles. The first-order valence-electron chi connectivity index (χ1n) is 9.54. The lowest BCUT2D eigenvalue weighted by Crippen LogP contribution is -2.31. The predicted octanol–water partition coefficient (Wildman–Crippen LogP) is 3.09. The summed E-state index contributed by atoms with van der Waals surface area (Å²) in [5, 5.41) is 13.8. The van der Waals surface area contributed by atoms with Crippen LogP contribution >= 0.6 is 0 Å². The molecule has 3 rings (SSSR count). The average molecular weight is 397 g/mol. The van der Waals surface area contributed by atoms with Crippen molar-refractivity contribution in [2.45, 2.75) is 51.2 Å². The number of fused-ring (bicyclic) bond motifs is 1. The predicted molar refractivity (Wildman–Crippen MR) is 107 cm³/mol. The molecule has 2 N–H and O–H groups in total. The SMILES string of the molecule is Cc1ccc(F)cc1CN(C)C1C[C@H]2CC(N(C)C)C[C@H]2C1.O=CO.O=CO. The molecule has 1 aromatic rings. The molecule has 0 radical (unpaired) electrons. The number of rotatable bonds is 4. The Morgan fingerprint density at radius 2 is 1.46 bits per heavy atom. The minimum atomic E-state index is -0.250. The van der Waals surface area contributed by atoms with E-state index in [0.29, 0.717) is 6.04 Å². The molecule has 0 spiro atoms. The molecule has 0 amide bonds. The zero-order chi connectivity index (χ0) is 21.3. The van der Waals surface area contributed by atoms with Crippen LogP contribution in [0.15, 0.2) is 18.2 Å². The molecule has 0 bridgehead atoms. The monoisotopic (exact) mass is 396 g/mol. The van der Waals surface area contributed by atoms with E-state index in [1.807, 2.05) is 6.07 Å². The summed E-state index contributed by atoms with van der Waals surface area (Å²) in [6.07, 6.45) is 5.36. The van der Waals surface area contributed by atoms with Crippen molar-refractivity contribution >= 4 is 12.9 Å². The van der Waals surface area contributed by atoms with Gasteiger partial charge in [0.15, 0.2) is 0 Å². The Morgan fingerprint density at radius 3 is 1.93 bits per heavy atom. The second-order valence-electron chi connectivity index (χ2n) is 7.93. The van der Waals surface area contributed by atoms with Crippen LogP contribution in [-0.4, -0.2) is 66.2 Å². The van der Waals surface area contributed by atoms with Crippen LogP contribution in [0, 0.1) is 24.6 Å². The molecule has 2 unspecified atom stereocenters. The van der Waals surface area contributed by atoms with Gasteiger partial charge in [0.05, 0.1) is 0 Å². The van der Waals surface area contributed by atoms with Gasteiger partial charge in [-0.1, -0.05) is 6.07 Å². The molecule has 1 aromatic carbocycles. The van der Waals surface area contributed by atoms with Gasteiger partial charge in [-0.2, -0.15) is 0 Å². The smallest absolute Gasteiger partial charge is 0.290 e. The molecule has 0 saturated heterocycles. The first-order valence-corrected chi connectivity index (χ1v) is 9.54. The summed E-state index contributed by atoms with van der Waals surface area (Å²) in [6.45, 7) is 2.44. The van der Waals surface area contributed by atoms with Crippen LogP contribution in [0.1, 0.15) is 36.8 Å². The van der Waals surface area contributed by atoms with Crippen molar-refractivity contribution in [2.75, 3.05) is 21.1 Å². The van der Waals surface area contributed by atoms with Gasteiger partial charge in [0.2, 0.25) is 0 Å². The first-order chi connectivity index (χ1) is 13.3. The molecular formula is C21H33FN2O4. The molecule has 28 heavy (non-hydrogen) atoms. The number of hydrogen-bond acceptors (Lipinski definition) is 4. The molecule has 2 saturated carbocycles. The maximum absolute atomic E-state index is 13.5. The third-order valence-corrected chi connectivity index (χ3v) is 6.05. The Balaban J connectivity index is 0.000000582. The van der Waals surface area contributed by atoms with Crippen molar-refractivity contribution in [1.29, 1.82) is 0 Å². The van der Waals surface area contributed by atoms with Crippen molar-refractivity contribution in [3.63, 3.8) is 0 Å². The third-order valence-electron chi connectivity index (χ3n) is 6.05. The van der Waals surface area contributed by atoms with E-state index in [2.05, 4.69) is 37.9 Å². The summed E-state index contributed by atoms with van der Waals surface area (Å²) in [5.41, 5.74) is 2.32. The van der Waals surface area contributed by atoms with Gasteiger partial charge in [0, 0.05) is 18.6 Å². The fourth-order valence-corrected chi connectivity index (χ4v) is 4.54. The van der Waals surface area contributed by atoms with Crippen molar-refractivity contribution in [2.24, 2.45) is 11.8 Å². The van der Waals surface area contributed by atoms with Gasteiger partial charge in [0.25, 0.3) is 12.9 Å². The molecule has 6 nitrogen and oxygen atoms in total. The molecule has 2 aliphatic rings. The summed E-state index contributed by atoms with van der Waals surface area (Å²) in [7, 11) is 6.63. The molecule has 7 heteroatoms. The van der Waals surface area contributed by atoms with E-state index >= 15 is 0 Å². The van der Waals surface area contributed by atoms with E-state index < -0.39 is 0 Å². The van der Waals surface area contributed by atoms with Crippen LogP contribution in [0.25, 0.3) is 0 Å². The van der Waals surface area contributed by atoms with Crippen LogP contribution in [0.3, 0.4) is 0 Å². The molecule has 4 atom stereocenters. The largest absolute Gasteiger partial charge is 0.483 e. The Hall–Kier alpha value is -1.99. The second-order valence-corrected chi connectivity index (χ2v) is 7.93. The molecule has 0 aromatic heterocycles. The second kappa shape index (κ2) is 11.8. The van der Waals surface area contributed by atoms with E-state index in [4.69, 9.17) is 19.8 Å². The molecule has 2 fully saturated rings. The van der Waals surface area contributed by atoms with Crippen LogP contribution in [0.4, 0.5) is 4.39 Å². The number of aryl methyl sites for hydroxylation is 1. The highest BCUT2D eigenvalue weighted by atomic mass is 19.1. The number of halogens is 1. The number of benzene rings is 1. The Kier molecular flexibility index (Phi) is 10.1. The summed E-state index contributed by atoms with van der Waals surface area (Å²) in [5.74, 6) is 1.67. The van der Waals surface area contributed by atoms with Gasteiger partial charge >= 0.3 is 0 Å². The highest BCUT2D eigenvalue weighted by molar-refractivity contribution is 5.33. The topological polar surface area (TPSA) is 81.1 Å². The van der Waals surface area contributed by atoms with Gasteiger partial charge in [0.1, 0.15) is 5.82 Å². The number of carbonyl (C=O) groups is 2. The Bertz CT molecular complexity index is 606. The van der Waals surface area contributed by atoms with Crippen LogP contribution in [0.5, 0.6) is 0 Å².